The van der Waals surface area contributed by atoms with Gasteiger partial charge in [0.25, 0.3) is 0 Å². The molecule has 18 heavy (non-hydrogen) atoms. The lowest BCUT2D eigenvalue weighted by Crippen LogP contribution is -2.13. The first-order valence-electron chi connectivity index (χ1n) is 6.69. The van der Waals surface area contributed by atoms with Crippen LogP contribution in [0.1, 0.15) is 25.3 Å². The van der Waals surface area contributed by atoms with Crippen LogP contribution >= 0.6 is 0 Å². The second kappa shape index (κ2) is 6.50. The van der Waals surface area contributed by atoms with E-state index in [1.54, 1.807) is 6.07 Å². The van der Waals surface area contributed by atoms with Crippen molar-refractivity contribution in [2.75, 3.05) is 13.1 Å². The van der Waals surface area contributed by atoms with Crippen LogP contribution in [0.5, 0.6) is 0 Å². The number of benzene rings is 2. The molecule has 0 aliphatic carbocycles. The molecule has 0 spiro atoms. The van der Waals surface area contributed by atoms with Crippen LogP contribution in [0.2, 0.25) is 0 Å². The monoisotopic (exact) mass is 245 g/mol. The number of rotatable bonds is 6. The van der Waals surface area contributed by atoms with Crippen LogP contribution in [-0.4, -0.2) is 13.1 Å². The molecule has 0 saturated carbocycles. The Bertz CT molecular complexity index is 507. The zero-order valence-electron chi connectivity index (χ0n) is 10.9. The van der Waals surface area contributed by atoms with Gasteiger partial charge in [-0.05, 0) is 49.4 Å². The number of hydrogen-bond acceptors (Lipinski definition) is 1. The van der Waals surface area contributed by atoms with Crippen molar-refractivity contribution >= 4 is 10.8 Å². The summed E-state index contributed by atoms with van der Waals surface area (Å²) in [6.07, 6.45) is 3.33. The summed E-state index contributed by atoms with van der Waals surface area (Å²) in [6, 6.07) is 11.2. The Kier molecular flexibility index (Phi) is 4.71. The van der Waals surface area contributed by atoms with Crippen molar-refractivity contribution in [2.45, 2.75) is 26.2 Å². The third kappa shape index (κ3) is 3.08. The Hall–Kier alpha value is -1.41. The molecule has 0 aliphatic rings. The van der Waals surface area contributed by atoms with Crippen molar-refractivity contribution in [1.82, 2.24) is 5.32 Å². The molecule has 2 heteroatoms. The van der Waals surface area contributed by atoms with Gasteiger partial charge in [0, 0.05) is 5.39 Å². The molecular formula is C16H20FN. The summed E-state index contributed by atoms with van der Waals surface area (Å²) < 4.78 is 13.6. The molecule has 1 nitrogen and oxygen atoms in total. The lowest BCUT2D eigenvalue weighted by Gasteiger charge is -2.07. The first kappa shape index (κ1) is 13.0. The van der Waals surface area contributed by atoms with Gasteiger partial charge in [0.2, 0.25) is 0 Å². The van der Waals surface area contributed by atoms with Crippen molar-refractivity contribution in [1.29, 1.82) is 0 Å². The van der Waals surface area contributed by atoms with E-state index in [4.69, 9.17) is 0 Å². The highest BCUT2D eigenvalue weighted by atomic mass is 19.1. The molecule has 2 aromatic carbocycles. The second-order valence-corrected chi connectivity index (χ2v) is 4.56. The van der Waals surface area contributed by atoms with Crippen LogP contribution in [-0.2, 0) is 6.42 Å². The van der Waals surface area contributed by atoms with E-state index in [2.05, 4.69) is 12.2 Å². The fourth-order valence-corrected chi connectivity index (χ4v) is 2.28. The molecule has 0 amide bonds. The van der Waals surface area contributed by atoms with Gasteiger partial charge in [0.15, 0.2) is 0 Å². The minimum Gasteiger partial charge on any atom is -0.317 e. The van der Waals surface area contributed by atoms with Crippen molar-refractivity contribution < 1.29 is 4.39 Å². The molecule has 0 unspecified atom stereocenters. The second-order valence-electron chi connectivity index (χ2n) is 4.56. The maximum atomic E-state index is 13.6. The molecule has 0 bridgehead atoms. The van der Waals surface area contributed by atoms with Gasteiger partial charge < -0.3 is 5.32 Å². The standard InChI is InChI=1S/C16H20FN/c1-2-18-12-6-5-7-13-10-11-16(17)15-9-4-3-8-14(13)15/h3-4,8-11,18H,2,5-7,12H2,1H3. The van der Waals surface area contributed by atoms with E-state index in [1.165, 1.54) is 12.0 Å². The van der Waals surface area contributed by atoms with Crippen molar-refractivity contribution in [3.8, 4) is 0 Å². The van der Waals surface area contributed by atoms with E-state index < -0.39 is 0 Å². The molecule has 0 saturated heterocycles. The molecule has 2 aromatic rings. The third-order valence-electron chi connectivity index (χ3n) is 3.26. The number of unbranched alkanes of at least 4 members (excludes halogenated alkanes) is 1. The average Bonchev–Trinajstić information content (AvgIpc) is 2.41. The molecule has 0 aliphatic heterocycles. The quantitative estimate of drug-likeness (QED) is 0.761. The molecule has 0 radical (unpaired) electrons. The van der Waals surface area contributed by atoms with Crippen molar-refractivity contribution in [2.24, 2.45) is 0 Å². The van der Waals surface area contributed by atoms with Gasteiger partial charge in [-0.3, -0.25) is 0 Å². The highest BCUT2D eigenvalue weighted by molar-refractivity contribution is 5.86. The predicted octanol–water partition coefficient (Wildman–Crippen LogP) is 3.91. The van der Waals surface area contributed by atoms with E-state index in [0.717, 1.165) is 36.7 Å². The van der Waals surface area contributed by atoms with Gasteiger partial charge in [-0.1, -0.05) is 37.3 Å². The SMILES string of the molecule is CCNCCCCc1ccc(F)c2ccccc12. The molecule has 2 rings (SSSR count). The zero-order chi connectivity index (χ0) is 12.8. The van der Waals surface area contributed by atoms with E-state index in [-0.39, 0.29) is 5.82 Å². The molecular weight excluding hydrogens is 225 g/mol. The maximum absolute atomic E-state index is 13.6. The summed E-state index contributed by atoms with van der Waals surface area (Å²) in [6.45, 7) is 4.21. The number of halogens is 1. The summed E-state index contributed by atoms with van der Waals surface area (Å²) in [5.74, 6) is -0.123. The first-order chi connectivity index (χ1) is 8.83. The first-order valence-corrected chi connectivity index (χ1v) is 6.69. The molecule has 0 heterocycles. The summed E-state index contributed by atoms with van der Waals surface area (Å²) in [4.78, 5) is 0. The Morgan fingerprint density at radius 1 is 1.00 bits per heavy atom. The highest BCUT2D eigenvalue weighted by Gasteiger charge is 2.04. The average molecular weight is 245 g/mol. The molecule has 0 aromatic heterocycles. The topological polar surface area (TPSA) is 12.0 Å². The summed E-state index contributed by atoms with van der Waals surface area (Å²) in [5, 5.41) is 5.11. The van der Waals surface area contributed by atoms with E-state index in [1.807, 2.05) is 30.3 Å². The normalized spacial score (nSPS) is 11.0. The molecule has 96 valence electrons. The van der Waals surface area contributed by atoms with Crippen LogP contribution in [0.25, 0.3) is 10.8 Å². The smallest absolute Gasteiger partial charge is 0.131 e. The maximum Gasteiger partial charge on any atom is 0.131 e. The number of fused-ring (bicyclic) bond motifs is 1. The lowest BCUT2D eigenvalue weighted by atomic mass is 10.00. The molecule has 0 atom stereocenters. The van der Waals surface area contributed by atoms with Gasteiger partial charge in [0.05, 0.1) is 0 Å². The van der Waals surface area contributed by atoms with Crippen LogP contribution in [0.15, 0.2) is 36.4 Å². The minimum atomic E-state index is -0.123. The Balaban J connectivity index is 2.07. The van der Waals surface area contributed by atoms with Gasteiger partial charge in [-0.15, -0.1) is 0 Å². The van der Waals surface area contributed by atoms with Gasteiger partial charge in [-0.2, -0.15) is 0 Å². The van der Waals surface area contributed by atoms with Gasteiger partial charge >= 0.3 is 0 Å². The van der Waals surface area contributed by atoms with E-state index in [9.17, 15) is 4.39 Å². The highest BCUT2D eigenvalue weighted by Crippen LogP contribution is 2.22. The number of nitrogens with one attached hydrogen (secondary N) is 1. The van der Waals surface area contributed by atoms with Crippen LogP contribution in [0.3, 0.4) is 0 Å². The van der Waals surface area contributed by atoms with Crippen LogP contribution < -0.4 is 5.32 Å². The fraction of sp³-hybridized carbons (Fsp3) is 0.375. The third-order valence-corrected chi connectivity index (χ3v) is 3.26. The molecule has 0 fully saturated rings. The number of hydrogen-bond donors (Lipinski definition) is 1. The number of aryl methyl sites for hydroxylation is 1. The summed E-state index contributed by atoms with van der Waals surface area (Å²) in [5.41, 5.74) is 1.25. The zero-order valence-corrected chi connectivity index (χ0v) is 10.9. The minimum absolute atomic E-state index is 0.123. The Morgan fingerprint density at radius 3 is 2.56 bits per heavy atom. The Morgan fingerprint density at radius 2 is 1.78 bits per heavy atom. The predicted molar refractivity (Wildman–Crippen MR) is 75.4 cm³/mol. The van der Waals surface area contributed by atoms with Crippen LogP contribution in [0, 0.1) is 5.82 Å². The van der Waals surface area contributed by atoms with Gasteiger partial charge in [-0.25, -0.2) is 4.39 Å². The van der Waals surface area contributed by atoms with E-state index in [0.29, 0.717) is 0 Å². The Labute approximate surface area is 108 Å². The summed E-state index contributed by atoms with van der Waals surface area (Å²) >= 11 is 0. The van der Waals surface area contributed by atoms with Crippen molar-refractivity contribution in [3.05, 3.63) is 47.8 Å². The van der Waals surface area contributed by atoms with Gasteiger partial charge in [0.1, 0.15) is 5.82 Å². The largest absolute Gasteiger partial charge is 0.317 e. The fourth-order valence-electron chi connectivity index (χ4n) is 2.28. The van der Waals surface area contributed by atoms with E-state index >= 15 is 0 Å². The summed E-state index contributed by atoms with van der Waals surface area (Å²) in [7, 11) is 0. The lowest BCUT2D eigenvalue weighted by molar-refractivity contribution is 0.634. The molecule has 1 N–H and O–H groups in total. The van der Waals surface area contributed by atoms with Crippen molar-refractivity contribution in [3.63, 3.8) is 0 Å². The van der Waals surface area contributed by atoms with Crippen LogP contribution in [0.4, 0.5) is 4.39 Å².